The molecule has 0 bridgehead atoms. The van der Waals surface area contributed by atoms with E-state index in [-0.39, 0.29) is 0 Å². The van der Waals surface area contributed by atoms with Gasteiger partial charge in [0.05, 0.1) is 11.4 Å². The Bertz CT molecular complexity index is 1000. The molecule has 0 amide bonds. The number of fused-ring (bicyclic) bond motifs is 1. The fraction of sp³-hybridized carbons (Fsp3) is 0.500. The second-order valence-corrected chi connectivity index (χ2v) is 8.59. The van der Waals surface area contributed by atoms with E-state index in [9.17, 15) is 0 Å². The highest BCUT2D eigenvalue weighted by atomic mass is 15.1. The van der Waals surface area contributed by atoms with Gasteiger partial charge in [0.25, 0.3) is 0 Å². The summed E-state index contributed by atoms with van der Waals surface area (Å²) in [6.45, 7) is 12.5. The average Bonchev–Trinajstić information content (AvgIpc) is 3.27. The summed E-state index contributed by atoms with van der Waals surface area (Å²) >= 11 is 0. The summed E-state index contributed by atoms with van der Waals surface area (Å²) in [5.41, 5.74) is 8.95. The van der Waals surface area contributed by atoms with Crippen LogP contribution in [-0.2, 0) is 0 Å². The highest BCUT2D eigenvalue weighted by Gasteiger charge is 2.18. The number of nitrogens with one attached hydrogen (secondary N) is 2. The largest absolute Gasteiger partial charge is 0.382 e. The van der Waals surface area contributed by atoms with Crippen molar-refractivity contribution in [1.82, 2.24) is 19.9 Å². The van der Waals surface area contributed by atoms with Crippen molar-refractivity contribution >= 4 is 16.9 Å². The molecule has 0 unspecified atom stereocenters. The molecule has 1 saturated carbocycles. The molecular formula is C24H33N5. The molecule has 4 rings (SSSR count). The summed E-state index contributed by atoms with van der Waals surface area (Å²) < 4.78 is 2.22. The van der Waals surface area contributed by atoms with E-state index in [2.05, 4.69) is 68.0 Å². The highest BCUT2D eigenvalue weighted by molar-refractivity contribution is 5.88. The summed E-state index contributed by atoms with van der Waals surface area (Å²) in [6.07, 6.45) is 5.36. The number of imidazole rings is 1. The second kappa shape index (κ2) is 8.15. The van der Waals surface area contributed by atoms with E-state index in [1.54, 1.807) is 0 Å². The van der Waals surface area contributed by atoms with Crippen molar-refractivity contribution in [3.63, 3.8) is 0 Å². The Labute approximate surface area is 174 Å². The first-order valence-electron chi connectivity index (χ1n) is 10.9. The molecule has 1 aliphatic rings. The van der Waals surface area contributed by atoms with Crippen LogP contribution in [0.3, 0.4) is 0 Å². The Balaban J connectivity index is 1.65. The first kappa shape index (κ1) is 19.9. The molecule has 0 atom stereocenters. The van der Waals surface area contributed by atoms with Crippen molar-refractivity contribution in [1.29, 1.82) is 0 Å². The lowest BCUT2D eigenvalue weighted by atomic mass is 10.0. The number of hydrogen-bond donors (Lipinski definition) is 2. The third-order valence-corrected chi connectivity index (χ3v) is 6.00. The number of nitrogens with zero attached hydrogens (tertiary/aromatic N) is 3. The number of benzene rings is 1. The van der Waals surface area contributed by atoms with Crippen molar-refractivity contribution in [2.75, 3.05) is 18.4 Å². The molecule has 3 aromatic rings. The normalized spacial score (nSPS) is 14.8. The minimum Gasteiger partial charge on any atom is -0.382 e. The van der Waals surface area contributed by atoms with Crippen LogP contribution in [0.1, 0.15) is 53.9 Å². The van der Waals surface area contributed by atoms with Gasteiger partial charge in [-0.05, 0) is 64.7 Å². The third kappa shape index (κ3) is 4.01. The molecule has 1 aromatic carbocycles. The standard InChI is InChI=1S/C24H33N5/c1-15-12-16(2)23(17(3)13-15)29-19(5)28-22-21(14-18(4)27-24(22)29)26-11-10-25-20-8-6-7-9-20/h12-14,20,25H,6-11H2,1-5H3,(H,26,27). The minimum absolute atomic E-state index is 0.699. The molecule has 1 fully saturated rings. The average molecular weight is 392 g/mol. The molecule has 2 aromatic heterocycles. The van der Waals surface area contributed by atoms with Gasteiger partial charge >= 0.3 is 0 Å². The number of anilines is 1. The Kier molecular flexibility index (Phi) is 5.59. The first-order valence-corrected chi connectivity index (χ1v) is 10.9. The summed E-state index contributed by atoms with van der Waals surface area (Å²) in [5, 5.41) is 7.28. The van der Waals surface area contributed by atoms with Crippen LogP contribution >= 0.6 is 0 Å². The van der Waals surface area contributed by atoms with Crippen molar-refractivity contribution in [3.05, 3.63) is 46.4 Å². The maximum absolute atomic E-state index is 4.91. The molecule has 29 heavy (non-hydrogen) atoms. The smallest absolute Gasteiger partial charge is 0.167 e. The third-order valence-electron chi connectivity index (χ3n) is 6.00. The zero-order valence-electron chi connectivity index (χ0n) is 18.4. The summed E-state index contributed by atoms with van der Waals surface area (Å²) in [7, 11) is 0. The van der Waals surface area contributed by atoms with Crippen LogP contribution in [0, 0.1) is 34.6 Å². The predicted molar refractivity (Wildman–Crippen MR) is 121 cm³/mol. The van der Waals surface area contributed by atoms with E-state index in [0.29, 0.717) is 6.04 Å². The first-order chi connectivity index (χ1) is 13.9. The molecule has 5 heteroatoms. The maximum atomic E-state index is 4.91. The van der Waals surface area contributed by atoms with Crippen LogP contribution in [0.4, 0.5) is 5.69 Å². The van der Waals surface area contributed by atoms with Gasteiger partial charge in [-0.3, -0.25) is 4.57 Å². The topological polar surface area (TPSA) is 54.8 Å². The number of aromatic nitrogens is 3. The molecule has 154 valence electrons. The van der Waals surface area contributed by atoms with Crippen molar-refractivity contribution in [3.8, 4) is 5.69 Å². The Hall–Kier alpha value is -2.40. The van der Waals surface area contributed by atoms with Crippen LogP contribution < -0.4 is 10.6 Å². The van der Waals surface area contributed by atoms with Gasteiger partial charge < -0.3 is 10.6 Å². The maximum Gasteiger partial charge on any atom is 0.167 e. The number of aryl methyl sites for hydroxylation is 5. The minimum atomic E-state index is 0.699. The zero-order chi connectivity index (χ0) is 20.5. The fourth-order valence-electron chi connectivity index (χ4n) is 4.81. The quantitative estimate of drug-likeness (QED) is 0.587. The lowest BCUT2D eigenvalue weighted by Crippen LogP contribution is -2.30. The van der Waals surface area contributed by atoms with Gasteiger partial charge in [0.1, 0.15) is 11.3 Å². The van der Waals surface area contributed by atoms with Crippen LogP contribution in [0.25, 0.3) is 16.9 Å². The van der Waals surface area contributed by atoms with Gasteiger partial charge in [-0.15, -0.1) is 0 Å². The van der Waals surface area contributed by atoms with E-state index in [1.807, 2.05) is 0 Å². The van der Waals surface area contributed by atoms with E-state index in [4.69, 9.17) is 9.97 Å². The van der Waals surface area contributed by atoms with Crippen LogP contribution in [0.15, 0.2) is 18.2 Å². The van der Waals surface area contributed by atoms with E-state index < -0.39 is 0 Å². The summed E-state index contributed by atoms with van der Waals surface area (Å²) in [5.74, 6) is 0.972. The molecular weight excluding hydrogens is 358 g/mol. The van der Waals surface area contributed by atoms with Gasteiger partial charge in [-0.2, -0.15) is 0 Å². The lowest BCUT2D eigenvalue weighted by molar-refractivity contribution is 0.536. The number of hydrogen-bond acceptors (Lipinski definition) is 4. The molecule has 5 nitrogen and oxygen atoms in total. The van der Waals surface area contributed by atoms with Crippen LogP contribution in [0.5, 0.6) is 0 Å². The monoisotopic (exact) mass is 391 g/mol. The lowest BCUT2D eigenvalue weighted by Gasteiger charge is -2.15. The fourth-order valence-corrected chi connectivity index (χ4v) is 4.81. The summed E-state index contributed by atoms with van der Waals surface area (Å²) in [6, 6.07) is 7.28. The van der Waals surface area contributed by atoms with E-state index in [1.165, 1.54) is 48.1 Å². The molecule has 2 N–H and O–H groups in total. The Morgan fingerprint density at radius 1 is 0.931 bits per heavy atom. The van der Waals surface area contributed by atoms with Crippen molar-refractivity contribution in [2.45, 2.75) is 66.3 Å². The highest BCUT2D eigenvalue weighted by Crippen LogP contribution is 2.30. The van der Waals surface area contributed by atoms with Gasteiger partial charge in [-0.25, -0.2) is 9.97 Å². The van der Waals surface area contributed by atoms with Crippen molar-refractivity contribution < 1.29 is 0 Å². The summed E-state index contributed by atoms with van der Waals surface area (Å²) in [4.78, 5) is 9.78. The van der Waals surface area contributed by atoms with E-state index in [0.717, 1.165) is 41.5 Å². The number of rotatable bonds is 6. The van der Waals surface area contributed by atoms with Crippen LogP contribution in [-0.4, -0.2) is 33.7 Å². The Morgan fingerprint density at radius 2 is 1.62 bits per heavy atom. The van der Waals surface area contributed by atoms with Gasteiger partial charge in [0.15, 0.2) is 5.65 Å². The van der Waals surface area contributed by atoms with Gasteiger partial charge in [0.2, 0.25) is 0 Å². The zero-order valence-corrected chi connectivity index (χ0v) is 18.4. The molecule has 2 heterocycles. The van der Waals surface area contributed by atoms with Crippen LogP contribution in [0.2, 0.25) is 0 Å². The van der Waals surface area contributed by atoms with E-state index >= 15 is 0 Å². The van der Waals surface area contributed by atoms with Crippen molar-refractivity contribution in [2.24, 2.45) is 0 Å². The Morgan fingerprint density at radius 3 is 2.31 bits per heavy atom. The molecule has 0 spiro atoms. The second-order valence-electron chi connectivity index (χ2n) is 8.59. The predicted octanol–water partition coefficient (Wildman–Crippen LogP) is 4.91. The molecule has 0 saturated heterocycles. The SMILES string of the molecule is Cc1cc(C)c(-n2c(C)nc3c(NCCNC4CCCC4)cc(C)nc32)c(C)c1. The van der Waals surface area contributed by atoms with Gasteiger partial charge in [0, 0.05) is 24.8 Å². The molecule has 1 aliphatic carbocycles. The molecule has 0 aliphatic heterocycles. The van der Waals surface area contributed by atoms with Gasteiger partial charge in [-0.1, -0.05) is 30.5 Å². The number of pyridine rings is 1. The molecule has 0 radical (unpaired) electrons.